The molecule has 0 spiro atoms. The number of ketones is 1. The van der Waals surface area contributed by atoms with Crippen LogP contribution in [0.5, 0.6) is 0 Å². The average molecular weight is 335 g/mol. The van der Waals surface area contributed by atoms with E-state index >= 15 is 0 Å². The van der Waals surface area contributed by atoms with Crippen molar-refractivity contribution < 1.29 is 4.79 Å². The van der Waals surface area contributed by atoms with Gasteiger partial charge in [0.25, 0.3) is 0 Å². The first-order valence-corrected chi connectivity index (χ1v) is 8.64. The van der Waals surface area contributed by atoms with Gasteiger partial charge in [0.1, 0.15) is 5.01 Å². The number of carbonyl (C=O) groups excluding carboxylic acids is 1. The lowest BCUT2D eigenvalue weighted by atomic mass is 10.1. The summed E-state index contributed by atoms with van der Waals surface area (Å²) >= 11 is 1.68. The second kappa shape index (κ2) is 6.19. The lowest BCUT2D eigenvalue weighted by Crippen LogP contribution is -2.25. The van der Waals surface area contributed by atoms with Crippen LogP contribution in [0.2, 0.25) is 0 Å². The van der Waals surface area contributed by atoms with Crippen molar-refractivity contribution in [2.45, 2.75) is 6.54 Å². The molecular formula is C19H17N3OS. The Morgan fingerprint density at radius 2 is 1.96 bits per heavy atom. The molecule has 0 bridgehead atoms. The van der Waals surface area contributed by atoms with E-state index in [0.29, 0.717) is 13.1 Å². The lowest BCUT2D eigenvalue weighted by Gasteiger charge is -2.13. The number of para-hydroxylation sites is 2. The van der Waals surface area contributed by atoms with Crippen LogP contribution >= 0.6 is 11.3 Å². The van der Waals surface area contributed by atoms with Gasteiger partial charge in [-0.25, -0.2) is 4.98 Å². The molecule has 0 fully saturated rings. The van der Waals surface area contributed by atoms with Gasteiger partial charge in [0.2, 0.25) is 0 Å². The molecule has 0 saturated carbocycles. The van der Waals surface area contributed by atoms with Gasteiger partial charge in [0.15, 0.2) is 5.78 Å². The highest BCUT2D eigenvalue weighted by molar-refractivity contribution is 7.18. The van der Waals surface area contributed by atoms with Crippen LogP contribution in [0, 0.1) is 0 Å². The van der Waals surface area contributed by atoms with Crippen LogP contribution in [0.1, 0.15) is 15.4 Å². The van der Waals surface area contributed by atoms with Gasteiger partial charge < -0.3 is 4.98 Å². The molecule has 0 aliphatic carbocycles. The minimum absolute atomic E-state index is 0.121. The molecule has 0 aliphatic heterocycles. The fourth-order valence-corrected chi connectivity index (χ4v) is 3.95. The molecule has 2 heterocycles. The lowest BCUT2D eigenvalue weighted by molar-refractivity contribution is 0.0944. The van der Waals surface area contributed by atoms with E-state index in [2.05, 4.69) is 16.0 Å². The van der Waals surface area contributed by atoms with Gasteiger partial charge in [-0.2, -0.15) is 0 Å². The minimum Gasteiger partial charge on any atom is -0.360 e. The third-order valence-corrected chi connectivity index (χ3v) is 5.07. The third kappa shape index (κ3) is 2.84. The predicted octanol–water partition coefficient (Wildman–Crippen LogP) is 4.09. The molecule has 1 N–H and O–H groups in total. The van der Waals surface area contributed by atoms with Crippen molar-refractivity contribution in [3.8, 4) is 0 Å². The molecule has 4 rings (SSSR count). The Morgan fingerprint density at radius 3 is 2.83 bits per heavy atom. The van der Waals surface area contributed by atoms with Crippen molar-refractivity contribution in [1.29, 1.82) is 0 Å². The highest BCUT2D eigenvalue weighted by atomic mass is 32.1. The van der Waals surface area contributed by atoms with Crippen LogP contribution in [0.3, 0.4) is 0 Å². The first-order valence-electron chi connectivity index (χ1n) is 7.83. The molecule has 24 heavy (non-hydrogen) atoms. The van der Waals surface area contributed by atoms with Gasteiger partial charge in [0.05, 0.1) is 23.3 Å². The van der Waals surface area contributed by atoms with Gasteiger partial charge in [-0.3, -0.25) is 9.69 Å². The van der Waals surface area contributed by atoms with E-state index in [4.69, 9.17) is 0 Å². The molecule has 2 aromatic heterocycles. The first-order chi connectivity index (χ1) is 11.7. The fraction of sp³-hybridized carbons (Fsp3) is 0.158. The number of nitrogens with zero attached hydrogens (tertiary/aromatic N) is 2. The number of hydrogen-bond acceptors (Lipinski definition) is 4. The number of nitrogens with one attached hydrogen (secondary N) is 1. The van der Waals surface area contributed by atoms with Gasteiger partial charge >= 0.3 is 0 Å². The maximum atomic E-state index is 12.6. The predicted molar refractivity (Wildman–Crippen MR) is 98.6 cm³/mol. The summed E-state index contributed by atoms with van der Waals surface area (Å²) in [5.74, 6) is 0.121. The summed E-state index contributed by atoms with van der Waals surface area (Å²) < 4.78 is 1.18. The molecule has 0 unspecified atom stereocenters. The number of thiazole rings is 1. The van der Waals surface area contributed by atoms with E-state index in [1.54, 1.807) is 17.5 Å². The van der Waals surface area contributed by atoms with Gasteiger partial charge in [-0.05, 0) is 25.2 Å². The molecule has 0 atom stereocenters. The Bertz CT molecular complexity index is 984. The zero-order chi connectivity index (χ0) is 16.5. The number of H-pyrrole nitrogens is 1. The Morgan fingerprint density at radius 1 is 1.17 bits per heavy atom. The van der Waals surface area contributed by atoms with Crippen molar-refractivity contribution in [3.63, 3.8) is 0 Å². The molecular weight excluding hydrogens is 318 g/mol. The minimum atomic E-state index is 0.121. The van der Waals surface area contributed by atoms with Crippen molar-refractivity contribution in [2.24, 2.45) is 0 Å². The summed E-state index contributed by atoms with van der Waals surface area (Å²) in [5, 5.41) is 2.02. The smallest absolute Gasteiger partial charge is 0.178 e. The van der Waals surface area contributed by atoms with E-state index in [1.165, 1.54) is 4.70 Å². The average Bonchev–Trinajstić information content (AvgIpc) is 3.17. The number of aromatic nitrogens is 2. The molecule has 0 amide bonds. The Balaban J connectivity index is 1.49. The number of hydrogen-bond donors (Lipinski definition) is 1. The van der Waals surface area contributed by atoms with Crippen LogP contribution < -0.4 is 0 Å². The van der Waals surface area contributed by atoms with Gasteiger partial charge in [-0.1, -0.05) is 30.3 Å². The van der Waals surface area contributed by atoms with E-state index < -0.39 is 0 Å². The molecule has 4 aromatic rings. The number of benzene rings is 2. The van der Waals surface area contributed by atoms with E-state index in [1.807, 2.05) is 54.4 Å². The molecule has 0 aliphatic rings. The standard InChI is InChI=1S/C19H17N3OS/c1-22(12-19-21-16-8-4-5-9-18(16)24-19)11-17(23)14-10-20-15-7-3-2-6-13(14)15/h2-10,20H,11-12H2,1H3. The zero-order valence-corrected chi connectivity index (χ0v) is 14.1. The summed E-state index contributed by atoms with van der Waals surface area (Å²) in [6, 6.07) is 16.0. The van der Waals surface area contributed by atoms with Gasteiger partial charge in [0, 0.05) is 22.7 Å². The molecule has 4 nitrogen and oxygen atoms in total. The van der Waals surface area contributed by atoms with Crippen molar-refractivity contribution in [3.05, 3.63) is 65.3 Å². The second-order valence-electron chi connectivity index (χ2n) is 5.92. The Kier molecular flexibility index (Phi) is 3.88. The zero-order valence-electron chi connectivity index (χ0n) is 13.3. The maximum Gasteiger partial charge on any atom is 0.178 e. The second-order valence-corrected chi connectivity index (χ2v) is 7.03. The van der Waals surface area contributed by atoms with Crippen molar-refractivity contribution >= 4 is 38.2 Å². The molecule has 0 radical (unpaired) electrons. The van der Waals surface area contributed by atoms with Crippen LogP contribution in [0.15, 0.2) is 54.7 Å². The number of likely N-dealkylation sites (N-methyl/N-ethyl adjacent to an activating group) is 1. The van der Waals surface area contributed by atoms with Gasteiger partial charge in [-0.15, -0.1) is 11.3 Å². The molecule has 2 aromatic carbocycles. The Labute approximate surface area is 143 Å². The van der Waals surface area contributed by atoms with E-state index in [-0.39, 0.29) is 5.78 Å². The summed E-state index contributed by atoms with van der Waals surface area (Å²) in [5.41, 5.74) is 2.77. The topological polar surface area (TPSA) is 49.0 Å². The third-order valence-electron chi connectivity index (χ3n) is 4.05. The number of Topliss-reactive ketones (excluding diaryl/α,β-unsaturated/α-hetero) is 1. The number of carbonyl (C=O) groups is 1. The highest BCUT2D eigenvalue weighted by Crippen LogP contribution is 2.23. The maximum absolute atomic E-state index is 12.6. The SMILES string of the molecule is CN(CC(=O)c1c[nH]c2ccccc12)Cc1nc2ccccc2s1. The van der Waals surface area contributed by atoms with Crippen LogP contribution in [-0.2, 0) is 6.54 Å². The van der Waals surface area contributed by atoms with Crippen LogP contribution in [0.25, 0.3) is 21.1 Å². The number of rotatable bonds is 5. The summed E-state index contributed by atoms with van der Waals surface area (Å²) in [6.07, 6.45) is 1.80. The van der Waals surface area contributed by atoms with E-state index in [9.17, 15) is 4.79 Å². The monoisotopic (exact) mass is 335 g/mol. The van der Waals surface area contributed by atoms with Crippen molar-refractivity contribution in [2.75, 3.05) is 13.6 Å². The Hall–Kier alpha value is -2.50. The fourth-order valence-electron chi connectivity index (χ4n) is 2.91. The summed E-state index contributed by atoms with van der Waals surface area (Å²) in [7, 11) is 1.96. The summed E-state index contributed by atoms with van der Waals surface area (Å²) in [4.78, 5) is 22.4. The van der Waals surface area contributed by atoms with Crippen molar-refractivity contribution in [1.82, 2.24) is 14.9 Å². The van der Waals surface area contributed by atoms with Crippen LogP contribution in [-0.4, -0.2) is 34.2 Å². The normalized spacial score (nSPS) is 11.6. The first kappa shape index (κ1) is 15.1. The highest BCUT2D eigenvalue weighted by Gasteiger charge is 2.15. The van der Waals surface area contributed by atoms with Crippen LogP contribution in [0.4, 0.5) is 0 Å². The molecule has 0 saturated heterocycles. The number of fused-ring (bicyclic) bond motifs is 2. The quantitative estimate of drug-likeness (QED) is 0.559. The number of aromatic amines is 1. The molecule has 120 valence electrons. The van der Waals surface area contributed by atoms with E-state index in [0.717, 1.165) is 27.0 Å². The largest absolute Gasteiger partial charge is 0.360 e. The summed E-state index contributed by atoms with van der Waals surface area (Å²) in [6.45, 7) is 1.05. The molecule has 5 heteroatoms.